The number of amides is 1. The lowest BCUT2D eigenvalue weighted by atomic mass is 10.1. The zero-order valence-corrected chi connectivity index (χ0v) is 15.6. The summed E-state index contributed by atoms with van der Waals surface area (Å²) in [6.45, 7) is 2.87. The Morgan fingerprint density at radius 1 is 1.11 bits per heavy atom. The van der Waals surface area contributed by atoms with Crippen molar-refractivity contribution in [2.45, 2.75) is 19.5 Å². The van der Waals surface area contributed by atoms with E-state index in [4.69, 9.17) is 4.74 Å². The SMILES string of the molecule is COC(=O)c1cncc(C(=O)N2Cc3nnc(-c4ccccc4)n3[C@@H](C)C2)c1. The van der Waals surface area contributed by atoms with Gasteiger partial charge < -0.3 is 14.2 Å². The second kappa shape index (κ2) is 7.22. The average Bonchev–Trinajstić information content (AvgIpc) is 3.18. The Hall–Kier alpha value is -3.55. The van der Waals surface area contributed by atoms with Crippen LogP contribution in [0.25, 0.3) is 11.4 Å². The summed E-state index contributed by atoms with van der Waals surface area (Å²) in [6, 6.07) is 11.4. The van der Waals surface area contributed by atoms with Crippen LogP contribution in [-0.4, -0.2) is 50.2 Å². The molecule has 3 heterocycles. The van der Waals surface area contributed by atoms with E-state index in [-0.39, 0.29) is 17.5 Å². The molecule has 3 aromatic rings. The monoisotopic (exact) mass is 377 g/mol. The highest BCUT2D eigenvalue weighted by Crippen LogP contribution is 2.28. The van der Waals surface area contributed by atoms with E-state index in [2.05, 4.69) is 19.7 Å². The van der Waals surface area contributed by atoms with Gasteiger partial charge in [-0.15, -0.1) is 10.2 Å². The van der Waals surface area contributed by atoms with Crippen LogP contribution in [0.15, 0.2) is 48.8 Å². The van der Waals surface area contributed by atoms with Crippen molar-refractivity contribution in [2.24, 2.45) is 0 Å². The van der Waals surface area contributed by atoms with Crippen molar-refractivity contribution < 1.29 is 14.3 Å². The third kappa shape index (κ3) is 3.13. The van der Waals surface area contributed by atoms with Gasteiger partial charge in [-0.2, -0.15) is 0 Å². The van der Waals surface area contributed by atoms with Gasteiger partial charge in [0.1, 0.15) is 0 Å². The van der Waals surface area contributed by atoms with Gasteiger partial charge in [-0.05, 0) is 13.0 Å². The Morgan fingerprint density at radius 3 is 2.61 bits per heavy atom. The van der Waals surface area contributed by atoms with E-state index in [0.717, 1.165) is 17.2 Å². The van der Waals surface area contributed by atoms with E-state index in [1.807, 2.05) is 37.3 Å². The number of esters is 1. The van der Waals surface area contributed by atoms with Crippen LogP contribution in [0, 0.1) is 0 Å². The van der Waals surface area contributed by atoms with Crippen LogP contribution in [0.1, 0.15) is 39.5 Å². The minimum atomic E-state index is -0.526. The van der Waals surface area contributed by atoms with Gasteiger partial charge in [0.2, 0.25) is 0 Å². The second-order valence-electron chi connectivity index (χ2n) is 6.66. The standard InChI is InChI=1S/C20H19N5O3/c1-13-11-24(19(26)15-8-16(10-21-9-15)20(27)28-2)12-17-22-23-18(25(13)17)14-6-4-3-5-7-14/h3-10,13H,11-12H2,1-2H3/t13-/m0/s1. The van der Waals surface area contributed by atoms with Gasteiger partial charge in [0.15, 0.2) is 11.6 Å². The molecule has 0 fully saturated rings. The zero-order chi connectivity index (χ0) is 19.7. The first kappa shape index (κ1) is 17.8. The number of carbonyl (C=O) groups is 2. The van der Waals surface area contributed by atoms with E-state index < -0.39 is 5.97 Å². The lowest BCUT2D eigenvalue weighted by molar-refractivity contribution is 0.0600. The molecule has 4 rings (SSSR count). The lowest BCUT2D eigenvalue weighted by Gasteiger charge is -2.32. The van der Waals surface area contributed by atoms with Crippen molar-refractivity contribution >= 4 is 11.9 Å². The first-order valence-electron chi connectivity index (χ1n) is 8.90. The van der Waals surface area contributed by atoms with Crippen molar-refractivity contribution in [3.8, 4) is 11.4 Å². The predicted molar refractivity (Wildman–Crippen MR) is 100 cm³/mol. The van der Waals surface area contributed by atoms with Crippen molar-refractivity contribution in [1.82, 2.24) is 24.6 Å². The maximum absolute atomic E-state index is 13.0. The number of ether oxygens (including phenoxy) is 1. The van der Waals surface area contributed by atoms with Gasteiger partial charge in [-0.1, -0.05) is 30.3 Å². The molecule has 0 saturated heterocycles. The van der Waals surface area contributed by atoms with E-state index in [0.29, 0.717) is 18.7 Å². The summed E-state index contributed by atoms with van der Waals surface area (Å²) in [4.78, 5) is 30.4. The number of rotatable bonds is 3. The van der Waals surface area contributed by atoms with Crippen LogP contribution in [0.5, 0.6) is 0 Å². The Kier molecular flexibility index (Phi) is 4.60. The molecule has 8 nitrogen and oxygen atoms in total. The number of carbonyl (C=O) groups excluding carboxylic acids is 2. The quantitative estimate of drug-likeness (QED) is 0.651. The Labute approximate surface area is 161 Å². The number of aromatic nitrogens is 4. The van der Waals surface area contributed by atoms with Gasteiger partial charge >= 0.3 is 5.97 Å². The minimum Gasteiger partial charge on any atom is -0.465 e. The number of benzene rings is 1. The first-order valence-corrected chi connectivity index (χ1v) is 8.90. The van der Waals surface area contributed by atoms with Gasteiger partial charge in [0.05, 0.1) is 30.8 Å². The highest BCUT2D eigenvalue weighted by Gasteiger charge is 2.30. The molecule has 0 bridgehead atoms. The first-order chi connectivity index (χ1) is 13.6. The number of pyridine rings is 1. The maximum atomic E-state index is 13.0. The van der Waals surface area contributed by atoms with Crippen LogP contribution in [0.4, 0.5) is 0 Å². The molecule has 28 heavy (non-hydrogen) atoms. The van der Waals surface area contributed by atoms with E-state index in [1.54, 1.807) is 4.90 Å². The van der Waals surface area contributed by atoms with Gasteiger partial charge in [-0.3, -0.25) is 9.78 Å². The Balaban J connectivity index is 1.61. The Bertz CT molecular complexity index is 1030. The smallest absolute Gasteiger partial charge is 0.339 e. The topological polar surface area (TPSA) is 90.2 Å². The molecule has 1 aromatic carbocycles. The van der Waals surface area contributed by atoms with Crippen LogP contribution in [0.2, 0.25) is 0 Å². The molecule has 0 spiro atoms. The molecule has 1 aliphatic rings. The van der Waals surface area contributed by atoms with Crippen LogP contribution in [0.3, 0.4) is 0 Å². The molecule has 0 saturated carbocycles. The second-order valence-corrected chi connectivity index (χ2v) is 6.66. The van der Waals surface area contributed by atoms with Crippen LogP contribution in [-0.2, 0) is 11.3 Å². The molecular weight excluding hydrogens is 358 g/mol. The number of methoxy groups -OCH3 is 1. The lowest BCUT2D eigenvalue weighted by Crippen LogP contribution is -2.40. The summed E-state index contributed by atoms with van der Waals surface area (Å²) >= 11 is 0. The molecule has 0 aliphatic carbocycles. The fourth-order valence-corrected chi connectivity index (χ4v) is 3.44. The van der Waals surface area contributed by atoms with E-state index in [9.17, 15) is 9.59 Å². The molecule has 0 N–H and O–H groups in total. The number of hydrogen-bond donors (Lipinski definition) is 0. The fourth-order valence-electron chi connectivity index (χ4n) is 3.44. The number of hydrogen-bond acceptors (Lipinski definition) is 6. The number of fused-ring (bicyclic) bond motifs is 1. The third-order valence-electron chi connectivity index (χ3n) is 4.75. The molecule has 0 unspecified atom stereocenters. The molecule has 1 atom stereocenters. The molecule has 1 aliphatic heterocycles. The van der Waals surface area contributed by atoms with Gasteiger partial charge in [0.25, 0.3) is 5.91 Å². The minimum absolute atomic E-state index is 0.00894. The maximum Gasteiger partial charge on any atom is 0.339 e. The predicted octanol–water partition coefficient (Wildman–Crippen LogP) is 2.34. The van der Waals surface area contributed by atoms with Crippen LogP contribution >= 0.6 is 0 Å². The Morgan fingerprint density at radius 2 is 1.86 bits per heavy atom. The third-order valence-corrected chi connectivity index (χ3v) is 4.75. The molecule has 8 heteroatoms. The van der Waals surface area contributed by atoms with Crippen molar-refractivity contribution in [1.29, 1.82) is 0 Å². The zero-order valence-electron chi connectivity index (χ0n) is 15.6. The molecule has 1 amide bonds. The van der Waals surface area contributed by atoms with Crippen molar-refractivity contribution in [3.63, 3.8) is 0 Å². The molecule has 2 aromatic heterocycles. The molecular formula is C20H19N5O3. The van der Waals surface area contributed by atoms with E-state index in [1.165, 1.54) is 25.6 Å². The summed E-state index contributed by atoms with van der Waals surface area (Å²) in [5, 5.41) is 8.63. The highest BCUT2D eigenvalue weighted by atomic mass is 16.5. The fraction of sp³-hybridized carbons (Fsp3) is 0.250. The summed E-state index contributed by atoms with van der Waals surface area (Å²) in [7, 11) is 1.29. The summed E-state index contributed by atoms with van der Waals surface area (Å²) in [5.74, 6) is 0.787. The van der Waals surface area contributed by atoms with Crippen molar-refractivity contribution in [2.75, 3.05) is 13.7 Å². The summed E-state index contributed by atoms with van der Waals surface area (Å²) in [5.41, 5.74) is 1.57. The average molecular weight is 377 g/mol. The van der Waals surface area contributed by atoms with Crippen molar-refractivity contribution in [3.05, 3.63) is 65.7 Å². The largest absolute Gasteiger partial charge is 0.465 e. The number of nitrogens with zero attached hydrogens (tertiary/aromatic N) is 5. The van der Waals surface area contributed by atoms with Gasteiger partial charge in [-0.25, -0.2) is 4.79 Å². The highest BCUT2D eigenvalue weighted by molar-refractivity contribution is 5.97. The normalized spacial score (nSPS) is 15.8. The molecule has 142 valence electrons. The summed E-state index contributed by atoms with van der Waals surface area (Å²) in [6.07, 6.45) is 2.83. The van der Waals surface area contributed by atoms with Crippen LogP contribution < -0.4 is 0 Å². The van der Waals surface area contributed by atoms with E-state index >= 15 is 0 Å². The molecule has 0 radical (unpaired) electrons. The summed E-state index contributed by atoms with van der Waals surface area (Å²) < 4.78 is 6.77. The van der Waals surface area contributed by atoms with Gasteiger partial charge in [0, 0.05) is 24.5 Å².